The van der Waals surface area contributed by atoms with Gasteiger partial charge in [-0.1, -0.05) is 12.8 Å². The van der Waals surface area contributed by atoms with E-state index in [-0.39, 0.29) is 0 Å². The second-order valence-electron chi connectivity index (χ2n) is 5.09. The largest absolute Gasteiger partial charge is 0.454 e. The molecule has 1 fully saturated rings. The van der Waals surface area contributed by atoms with E-state index < -0.39 is 0 Å². The van der Waals surface area contributed by atoms with E-state index in [4.69, 9.17) is 9.47 Å². The Kier molecular flexibility index (Phi) is 2.43. The number of nitrogens with one attached hydrogen (secondary N) is 1. The summed E-state index contributed by atoms with van der Waals surface area (Å²) in [7, 11) is 0. The van der Waals surface area contributed by atoms with Crippen molar-refractivity contribution in [3.05, 3.63) is 24.0 Å². The van der Waals surface area contributed by atoms with E-state index >= 15 is 0 Å². The Morgan fingerprint density at radius 3 is 2.84 bits per heavy atom. The first kappa shape index (κ1) is 10.8. The molecule has 2 aliphatic rings. The van der Waals surface area contributed by atoms with Crippen LogP contribution in [0.2, 0.25) is 0 Å². The maximum absolute atomic E-state index is 5.38. The van der Waals surface area contributed by atoms with Gasteiger partial charge in [-0.15, -0.1) is 0 Å². The predicted molar refractivity (Wildman–Crippen MR) is 69.2 cm³/mol. The third-order valence-electron chi connectivity index (χ3n) is 3.88. The maximum Gasteiger partial charge on any atom is 0.231 e. The zero-order valence-corrected chi connectivity index (χ0v) is 10.6. The molecule has 4 rings (SSSR count). The van der Waals surface area contributed by atoms with Gasteiger partial charge < -0.3 is 9.47 Å². The summed E-state index contributed by atoms with van der Waals surface area (Å²) in [5, 5.41) is 7.40. The number of hydrogen-bond donors (Lipinski definition) is 1. The second kappa shape index (κ2) is 4.26. The number of rotatable bonds is 2. The molecule has 0 amide bonds. The molecule has 0 bridgehead atoms. The number of H-pyrrole nitrogens is 1. The molecule has 1 saturated carbocycles. The lowest BCUT2D eigenvalue weighted by Crippen LogP contribution is -1.94. The average molecular weight is 257 g/mol. The first-order valence-electron chi connectivity index (χ1n) is 6.72. The van der Waals surface area contributed by atoms with E-state index in [1.165, 1.54) is 25.7 Å². The van der Waals surface area contributed by atoms with Crippen molar-refractivity contribution in [3.8, 4) is 22.9 Å². The number of ether oxygens (including phenoxy) is 2. The smallest absolute Gasteiger partial charge is 0.231 e. The molecule has 2 aromatic rings. The van der Waals surface area contributed by atoms with E-state index in [1.54, 1.807) is 0 Å². The molecule has 1 aliphatic carbocycles. The first-order chi connectivity index (χ1) is 9.40. The highest BCUT2D eigenvalue weighted by Gasteiger charge is 2.21. The van der Waals surface area contributed by atoms with Crippen molar-refractivity contribution in [2.24, 2.45) is 0 Å². The van der Waals surface area contributed by atoms with Crippen molar-refractivity contribution in [1.29, 1.82) is 0 Å². The molecular weight excluding hydrogens is 242 g/mol. The van der Waals surface area contributed by atoms with Gasteiger partial charge in [-0.05, 0) is 31.0 Å². The summed E-state index contributed by atoms with van der Waals surface area (Å²) < 4.78 is 10.7. The first-order valence-corrected chi connectivity index (χ1v) is 6.72. The van der Waals surface area contributed by atoms with E-state index in [0.717, 1.165) is 28.7 Å². The van der Waals surface area contributed by atoms with Crippen LogP contribution in [0.5, 0.6) is 11.5 Å². The fourth-order valence-corrected chi connectivity index (χ4v) is 2.82. The Balaban J connectivity index is 1.65. The van der Waals surface area contributed by atoms with Crippen LogP contribution in [0.25, 0.3) is 11.4 Å². The quantitative estimate of drug-likeness (QED) is 0.898. The number of aromatic amines is 1. The molecule has 1 aromatic heterocycles. The van der Waals surface area contributed by atoms with Crippen LogP contribution in [-0.2, 0) is 0 Å². The van der Waals surface area contributed by atoms with Crippen LogP contribution in [0.4, 0.5) is 0 Å². The minimum absolute atomic E-state index is 0.292. The second-order valence-corrected chi connectivity index (χ2v) is 5.09. The Morgan fingerprint density at radius 1 is 1.11 bits per heavy atom. The SMILES string of the molecule is c1cc2c(cc1-c1n[nH]c(C3CCCC3)n1)OCO2. The summed E-state index contributed by atoms with van der Waals surface area (Å²) in [5.74, 6) is 3.86. The molecule has 0 unspecified atom stereocenters. The van der Waals surface area contributed by atoms with Gasteiger partial charge in [0.2, 0.25) is 6.79 Å². The van der Waals surface area contributed by atoms with E-state index in [0.29, 0.717) is 12.7 Å². The average Bonchev–Trinajstić information content (AvgIpc) is 3.18. The zero-order valence-electron chi connectivity index (χ0n) is 10.6. The van der Waals surface area contributed by atoms with Gasteiger partial charge in [-0.2, -0.15) is 5.10 Å². The summed E-state index contributed by atoms with van der Waals surface area (Å²) >= 11 is 0. The number of nitrogens with zero attached hydrogens (tertiary/aromatic N) is 2. The summed E-state index contributed by atoms with van der Waals surface area (Å²) in [4.78, 5) is 4.62. The summed E-state index contributed by atoms with van der Waals surface area (Å²) in [6, 6.07) is 5.81. The van der Waals surface area contributed by atoms with Gasteiger partial charge in [-0.25, -0.2) is 4.98 Å². The standard InChI is InChI=1S/C14H15N3O2/c1-2-4-9(3-1)13-15-14(17-16-13)10-5-6-11-12(7-10)19-8-18-11/h5-7,9H,1-4,8H2,(H,15,16,17). The predicted octanol–water partition coefficient (Wildman–Crippen LogP) is 2.86. The van der Waals surface area contributed by atoms with Gasteiger partial charge >= 0.3 is 0 Å². The summed E-state index contributed by atoms with van der Waals surface area (Å²) in [6.45, 7) is 0.292. The third kappa shape index (κ3) is 1.85. The van der Waals surface area contributed by atoms with E-state index in [1.807, 2.05) is 18.2 Å². The minimum atomic E-state index is 0.292. The normalized spacial score (nSPS) is 18.1. The van der Waals surface area contributed by atoms with Crippen LogP contribution in [-0.4, -0.2) is 22.0 Å². The molecule has 0 saturated heterocycles. The van der Waals surface area contributed by atoms with Gasteiger partial charge in [-0.3, -0.25) is 5.10 Å². The van der Waals surface area contributed by atoms with Gasteiger partial charge in [0.25, 0.3) is 0 Å². The van der Waals surface area contributed by atoms with Crippen LogP contribution >= 0.6 is 0 Å². The van der Waals surface area contributed by atoms with Crippen molar-refractivity contribution in [3.63, 3.8) is 0 Å². The Hall–Kier alpha value is -2.04. The number of benzene rings is 1. The van der Waals surface area contributed by atoms with E-state index in [2.05, 4.69) is 15.2 Å². The molecule has 5 heteroatoms. The van der Waals surface area contributed by atoms with Gasteiger partial charge in [0.05, 0.1) is 0 Å². The monoisotopic (exact) mass is 257 g/mol. The van der Waals surface area contributed by atoms with Crippen molar-refractivity contribution >= 4 is 0 Å². The van der Waals surface area contributed by atoms with Crippen LogP contribution in [0, 0.1) is 0 Å². The van der Waals surface area contributed by atoms with Gasteiger partial charge in [0, 0.05) is 11.5 Å². The van der Waals surface area contributed by atoms with Gasteiger partial charge in [0.1, 0.15) is 5.82 Å². The van der Waals surface area contributed by atoms with Gasteiger partial charge in [0.15, 0.2) is 17.3 Å². The molecule has 2 heterocycles. The Bertz CT molecular complexity index is 602. The Morgan fingerprint density at radius 2 is 1.95 bits per heavy atom. The third-order valence-corrected chi connectivity index (χ3v) is 3.88. The molecule has 0 spiro atoms. The lowest BCUT2D eigenvalue weighted by molar-refractivity contribution is 0.174. The fraction of sp³-hybridized carbons (Fsp3) is 0.429. The molecule has 1 aromatic carbocycles. The zero-order chi connectivity index (χ0) is 12.7. The maximum atomic E-state index is 5.38. The van der Waals surface area contributed by atoms with E-state index in [9.17, 15) is 0 Å². The van der Waals surface area contributed by atoms with Crippen molar-refractivity contribution < 1.29 is 9.47 Å². The van der Waals surface area contributed by atoms with Crippen molar-refractivity contribution in [2.45, 2.75) is 31.6 Å². The molecule has 5 nitrogen and oxygen atoms in total. The molecule has 1 N–H and O–H groups in total. The van der Waals surface area contributed by atoms with Crippen LogP contribution < -0.4 is 9.47 Å². The van der Waals surface area contributed by atoms with Crippen LogP contribution in [0.1, 0.15) is 37.4 Å². The van der Waals surface area contributed by atoms with Crippen LogP contribution in [0.3, 0.4) is 0 Å². The lowest BCUT2D eigenvalue weighted by Gasteiger charge is -2.02. The highest BCUT2D eigenvalue weighted by atomic mass is 16.7. The molecule has 0 radical (unpaired) electrons. The number of fused-ring (bicyclic) bond motifs is 1. The fourth-order valence-electron chi connectivity index (χ4n) is 2.82. The molecule has 0 atom stereocenters. The number of aromatic nitrogens is 3. The topological polar surface area (TPSA) is 60.0 Å². The lowest BCUT2D eigenvalue weighted by atomic mass is 10.1. The highest BCUT2D eigenvalue weighted by molar-refractivity contribution is 5.61. The minimum Gasteiger partial charge on any atom is -0.454 e. The highest BCUT2D eigenvalue weighted by Crippen LogP contribution is 2.36. The van der Waals surface area contributed by atoms with Crippen LogP contribution in [0.15, 0.2) is 18.2 Å². The Labute approximate surface area is 111 Å². The van der Waals surface area contributed by atoms with Crippen molar-refractivity contribution in [2.75, 3.05) is 6.79 Å². The molecule has 19 heavy (non-hydrogen) atoms. The number of hydrogen-bond acceptors (Lipinski definition) is 4. The summed E-state index contributed by atoms with van der Waals surface area (Å²) in [6.07, 6.45) is 5.03. The molecule has 98 valence electrons. The summed E-state index contributed by atoms with van der Waals surface area (Å²) in [5.41, 5.74) is 0.963. The molecule has 1 aliphatic heterocycles. The molecular formula is C14H15N3O2. The van der Waals surface area contributed by atoms with Crippen molar-refractivity contribution in [1.82, 2.24) is 15.2 Å².